The molecule has 3 aromatic rings. The van der Waals surface area contributed by atoms with Gasteiger partial charge in [0.15, 0.2) is 6.10 Å². The maximum absolute atomic E-state index is 12.7. The van der Waals surface area contributed by atoms with Crippen molar-refractivity contribution in [2.45, 2.75) is 39.6 Å². The van der Waals surface area contributed by atoms with Gasteiger partial charge in [-0.05, 0) is 79.7 Å². The maximum Gasteiger partial charge on any atom is 0.416 e. The van der Waals surface area contributed by atoms with Crippen molar-refractivity contribution in [1.29, 1.82) is 0 Å². The number of alkyl halides is 3. The van der Waals surface area contributed by atoms with Crippen molar-refractivity contribution in [3.05, 3.63) is 92.4 Å². The zero-order valence-electron chi connectivity index (χ0n) is 31.3. The van der Waals surface area contributed by atoms with Crippen LogP contribution in [-0.2, 0) is 52.1 Å². The predicted octanol–water partition coefficient (Wildman–Crippen LogP) is 6.73. The van der Waals surface area contributed by atoms with Crippen molar-refractivity contribution in [1.82, 2.24) is 10.4 Å². The number of aliphatic carboxylic acids is 2. The van der Waals surface area contributed by atoms with Crippen molar-refractivity contribution in [3.63, 3.8) is 0 Å². The first-order valence-electron chi connectivity index (χ1n) is 16.1. The van der Waals surface area contributed by atoms with E-state index in [1.54, 1.807) is 0 Å². The molecule has 14 nitrogen and oxygen atoms in total. The topological polar surface area (TPSA) is 212 Å². The first kappa shape index (κ1) is 51.4. The van der Waals surface area contributed by atoms with Crippen LogP contribution in [0.1, 0.15) is 42.3 Å². The SMILES string of the molecule is CC1(C)CON(Cc2ccccc2Cl)C1=O.C[C@H](OC(=O)c1cc(Oc2ccc(C(F)(F)F)cc2Cl)ccc1Cl)C(=O)O.C[S+](C)C.O=C(O)CNCP(=O)([O-])O. The molecule has 1 aliphatic rings. The molecule has 2 atom stereocenters. The average molecular weight is 908 g/mol. The van der Waals surface area contributed by atoms with Crippen LogP contribution in [0.4, 0.5) is 13.2 Å². The normalized spacial score (nSPS) is 14.7. The fourth-order valence-electron chi connectivity index (χ4n) is 3.79. The van der Waals surface area contributed by atoms with E-state index in [-0.39, 0.29) is 33.0 Å². The van der Waals surface area contributed by atoms with E-state index in [4.69, 9.17) is 64.2 Å². The molecule has 4 N–H and O–H groups in total. The predicted molar refractivity (Wildman–Crippen MR) is 208 cm³/mol. The summed E-state index contributed by atoms with van der Waals surface area (Å²) < 4.78 is 58.1. The Hall–Kier alpha value is -3.58. The Balaban J connectivity index is 0.000000455. The lowest BCUT2D eigenvalue weighted by atomic mass is 9.95. The van der Waals surface area contributed by atoms with Crippen molar-refractivity contribution in [2.75, 3.05) is 38.2 Å². The van der Waals surface area contributed by atoms with Crippen LogP contribution in [0.15, 0.2) is 60.7 Å². The summed E-state index contributed by atoms with van der Waals surface area (Å²) in [6.45, 7) is 5.27. The van der Waals surface area contributed by atoms with Crippen LogP contribution in [0.3, 0.4) is 0 Å². The number of carbonyl (C=O) groups excluding carboxylic acids is 2. The maximum atomic E-state index is 12.7. The van der Waals surface area contributed by atoms with Crippen LogP contribution >= 0.6 is 42.4 Å². The zero-order valence-corrected chi connectivity index (χ0v) is 35.2. The Morgan fingerprint density at radius 2 is 1.61 bits per heavy atom. The number of carboxylic acids is 2. The highest BCUT2D eigenvalue weighted by Crippen LogP contribution is 2.37. The molecule has 1 aliphatic heterocycles. The summed E-state index contributed by atoms with van der Waals surface area (Å²) >= 11 is 17.7. The molecule has 1 saturated heterocycles. The number of esters is 1. The first-order valence-corrected chi connectivity index (χ1v) is 21.4. The summed E-state index contributed by atoms with van der Waals surface area (Å²) in [7, 11) is -3.71. The number of nitrogens with zero attached hydrogens (tertiary/aromatic N) is 1. The van der Waals surface area contributed by atoms with Gasteiger partial charge >= 0.3 is 24.1 Å². The van der Waals surface area contributed by atoms with Gasteiger partial charge in [0, 0.05) is 5.02 Å². The molecule has 0 bridgehead atoms. The fourth-order valence-corrected chi connectivity index (χ4v) is 4.79. The lowest BCUT2D eigenvalue weighted by Crippen LogP contribution is -2.30. The van der Waals surface area contributed by atoms with Crippen molar-refractivity contribution in [3.8, 4) is 11.5 Å². The summed E-state index contributed by atoms with van der Waals surface area (Å²) in [6, 6.07) is 13.8. The third-order valence-electron chi connectivity index (χ3n) is 6.52. The third-order valence-corrected chi connectivity index (χ3v) is 8.14. The van der Waals surface area contributed by atoms with E-state index in [0.717, 1.165) is 30.7 Å². The minimum Gasteiger partial charge on any atom is -0.778 e. The minimum atomic E-state index is -4.56. The third kappa shape index (κ3) is 19.6. The Morgan fingerprint density at radius 1 is 1.02 bits per heavy atom. The molecule has 22 heteroatoms. The summed E-state index contributed by atoms with van der Waals surface area (Å²) in [5.41, 5.74) is -0.648. The molecular weight excluding hydrogens is 867 g/mol. The second-order valence-electron chi connectivity index (χ2n) is 12.7. The number of halogens is 6. The van der Waals surface area contributed by atoms with E-state index in [1.807, 2.05) is 43.4 Å². The van der Waals surface area contributed by atoms with Crippen LogP contribution in [0.5, 0.6) is 11.5 Å². The molecule has 1 amide bonds. The summed E-state index contributed by atoms with van der Waals surface area (Å²) in [5.74, 6) is -3.55. The monoisotopic (exact) mass is 906 g/mol. The van der Waals surface area contributed by atoms with Crippen molar-refractivity contribution < 1.29 is 71.2 Å². The van der Waals surface area contributed by atoms with Gasteiger partial charge in [-0.1, -0.05) is 53.0 Å². The molecule has 1 fully saturated rings. The number of hydrogen-bond acceptors (Lipinski definition) is 10. The van der Waals surface area contributed by atoms with Crippen molar-refractivity contribution >= 4 is 77.1 Å². The molecule has 0 saturated carbocycles. The number of benzene rings is 3. The highest BCUT2D eigenvalue weighted by atomic mass is 35.5. The van der Waals surface area contributed by atoms with Gasteiger partial charge in [0.05, 0.1) is 71.3 Å². The van der Waals surface area contributed by atoms with Gasteiger partial charge in [0.25, 0.3) is 5.91 Å². The van der Waals surface area contributed by atoms with Gasteiger partial charge < -0.3 is 34.0 Å². The molecule has 4 rings (SSSR count). The van der Waals surface area contributed by atoms with E-state index in [1.165, 1.54) is 17.2 Å². The standard InChI is InChI=1S/C17H11Cl2F3O5.C12H14ClNO2.C3H8NO5P.C3H9S/c1-8(15(23)24)26-16(25)11-7-10(3-4-12(11)18)27-14-5-2-9(6-13(14)19)17(20,21)22;1-12(2)8-16-14(11(12)15)7-9-5-3-4-6-10(9)13;5-3(6)1-4-2-10(7,8)9;1-4(2)3/h2-8H,1H3,(H,23,24);3-6H,7-8H2,1-2H3;4H,1-2H2,(H,5,6)(H2,7,8,9);1-3H3/q;;;+1/p-1/t8-;;;/m0.../s1. The molecule has 0 spiro atoms. The number of hydroxylamine groups is 2. The molecule has 3 aromatic carbocycles. The van der Waals surface area contributed by atoms with Gasteiger partial charge in [0.2, 0.25) is 0 Å². The lowest BCUT2D eigenvalue weighted by molar-refractivity contribution is -0.193. The van der Waals surface area contributed by atoms with Crippen LogP contribution < -0.4 is 14.9 Å². The number of nitrogens with one attached hydrogen (secondary N) is 1. The molecular formula is C35H41Cl3F3N2O12PS. The Bertz CT molecular complexity index is 1900. The van der Waals surface area contributed by atoms with Gasteiger partial charge in [0.1, 0.15) is 19.1 Å². The molecule has 1 heterocycles. The van der Waals surface area contributed by atoms with Gasteiger partial charge in [-0.2, -0.15) is 13.2 Å². The van der Waals surface area contributed by atoms with E-state index in [2.05, 4.69) is 18.8 Å². The Labute approximate surface area is 344 Å². The molecule has 0 radical (unpaired) electrons. The average Bonchev–Trinajstić information content (AvgIpc) is 3.33. The van der Waals surface area contributed by atoms with E-state index >= 15 is 0 Å². The Morgan fingerprint density at radius 3 is 2.09 bits per heavy atom. The second-order valence-corrected chi connectivity index (χ2v) is 18.0. The molecule has 316 valence electrons. The fraction of sp³-hybridized carbons (Fsp3) is 0.371. The smallest absolute Gasteiger partial charge is 0.416 e. The zero-order chi connectivity index (χ0) is 43.9. The highest BCUT2D eigenvalue weighted by Gasteiger charge is 2.40. The number of ether oxygens (including phenoxy) is 2. The summed E-state index contributed by atoms with van der Waals surface area (Å²) in [4.78, 5) is 67.8. The van der Waals surface area contributed by atoms with Crippen LogP contribution in [-0.4, -0.2) is 88.3 Å². The number of rotatable bonds is 11. The van der Waals surface area contributed by atoms with Gasteiger partial charge in [-0.15, -0.1) is 0 Å². The molecule has 1 unspecified atom stereocenters. The first-order chi connectivity index (χ1) is 26.1. The summed E-state index contributed by atoms with van der Waals surface area (Å²) in [6.07, 6.45) is -0.0815. The molecule has 0 aliphatic carbocycles. The van der Waals surface area contributed by atoms with E-state index in [0.29, 0.717) is 35.1 Å². The largest absolute Gasteiger partial charge is 0.778 e. The van der Waals surface area contributed by atoms with Gasteiger partial charge in [-0.3, -0.25) is 19.7 Å². The van der Waals surface area contributed by atoms with Crippen LogP contribution in [0.25, 0.3) is 0 Å². The van der Waals surface area contributed by atoms with E-state index < -0.39 is 61.6 Å². The number of carbonyl (C=O) groups is 4. The van der Waals surface area contributed by atoms with Crippen LogP contribution in [0.2, 0.25) is 15.1 Å². The summed E-state index contributed by atoms with van der Waals surface area (Å²) in [5, 5.41) is 20.5. The van der Waals surface area contributed by atoms with Crippen molar-refractivity contribution in [2.24, 2.45) is 5.41 Å². The second kappa shape index (κ2) is 23.1. The van der Waals surface area contributed by atoms with E-state index in [9.17, 15) is 41.8 Å². The minimum absolute atomic E-state index is 0.00687. The highest BCUT2D eigenvalue weighted by molar-refractivity contribution is 7.94. The molecule has 0 aromatic heterocycles. The number of hydrogen-bond donors (Lipinski definition) is 4. The molecule has 57 heavy (non-hydrogen) atoms. The van der Waals surface area contributed by atoms with Crippen LogP contribution in [0, 0.1) is 5.41 Å². The quantitative estimate of drug-likeness (QED) is 0.0894. The number of amides is 1. The number of carboxylic acid groups (broad SMARTS) is 2. The van der Waals surface area contributed by atoms with Gasteiger partial charge in [-0.25, -0.2) is 14.7 Å². The lowest BCUT2D eigenvalue weighted by Gasteiger charge is -2.16. The Kier molecular flexibility index (Phi) is 20.9.